The van der Waals surface area contributed by atoms with Crippen molar-refractivity contribution in [2.45, 2.75) is 11.3 Å². The van der Waals surface area contributed by atoms with Gasteiger partial charge >= 0.3 is 0 Å². The molecule has 1 aromatic rings. The normalized spacial score (nSPS) is 15.9. The molecule has 25 heavy (non-hydrogen) atoms. The van der Waals surface area contributed by atoms with Gasteiger partial charge in [0.1, 0.15) is 0 Å². The average Bonchev–Trinajstić information content (AvgIpc) is 2.64. The number of hydrogen-bond acceptors (Lipinski definition) is 6. The van der Waals surface area contributed by atoms with Gasteiger partial charge in [0, 0.05) is 45.4 Å². The smallest absolute Gasteiger partial charge is 0.251 e. The van der Waals surface area contributed by atoms with Gasteiger partial charge in [0.2, 0.25) is 0 Å². The fourth-order valence-corrected chi connectivity index (χ4v) is 3.84. The topological polar surface area (TPSA) is 87.7 Å². The number of hydrogen-bond donors (Lipinski definition) is 2. The molecule has 1 aromatic carbocycles. The van der Waals surface area contributed by atoms with Crippen LogP contribution in [-0.2, 0) is 14.6 Å². The third-order valence-electron chi connectivity index (χ3n) is 4.18. The van der Waals surface area contributed by atoms with E-state index < -0.39 is 9.84 Å². The summed E-state index contributed by atoms with van der Waals surface area (Å²) in [6, 6.07) is 6.04. The molecule has 0 saturated carbocycles. The molecule has 1 heterocycles. The van der Waals surface area contributed by atoms with Crippen molar-refractivity contribution < 1.29 is 17.9 Å². The predicted octanol–water partition coefficient (Wildman–Crippen LogP) is 0.132. The lowest BCUT2D eigenvalue weighted by Gasteiger charge is -2.27. The van der Waals surface area contributed by atoms with Gasteiger partial charge in [-0.2, -0.15) is 0 Å². The molecule has 0 atom stereocenters. The van der Waals surface area contributed by atoms with Crippen LogP contribution in [0.25, 0.3) is 0 Å². The van der Waals surface area contributed by atoms with Crippen LogP contribution in [0.1, 0.15) is 16.8 Å². The number of ether oxygens (including phenoxy) is 1. The van der Waals surface area contributed by atoms with Crippen molar-refractivity contribution in [3.63, 3.8) is 0 Å². The summed E-state index contributed by atoms with van der Waals surface area (Å²) < 4.78 is 28.9. The Morgan fingerprint density at radius 2 is 1.92 bits per heavy atom. The summed E-state index contributed by atoms with van der Waals surface area (Å²) in [5.74, 6) is -0.248. The molecule has 7 nitrogen and oxygen atoms in total. The largest absolute Gasteiger partial charge is 0.384 e. The Bertz CT molecular complexity index is 640. The molecule has 1 amide bonds. The maximum atomic E-state index is 12.1. The highest BCUT2D eigenvalue weighted by atomic mass is 32.2. The Hall–Kier alpha value is -1.48. The lowest BCUT2D eigenvalue weighted by atomic mass is 10.2. The van der Waals surface area contributed by atoms with E-state index in [0.717, 1.165) is 39.1 Å². The lowest BCUT2D eigenvalue weighted by molar-refractivity contribution is 0.0951. The van der Waals surface area contributed by atoms with E-state index in [9.17, 15) is 13.2 Å². The first-order chi connectivity index (χ1) is 12.0. The van der Waals surface area contributed by atoms with E-state index in [1.165, 1.54) is 19.2 Å². The van der Waals surface area contributed by atoms with Gasteiger partial charge in [-0.3, -0.25) is 4.79 Å². The quantitative estimate of drug-likeness (QED) is 0.602. The van der Waals surface area contributed by atoms with Crippen molar-refractivity contribution in [1.82, 2.24) is 15.5 Å². The minimum atomic E-state index is -3.37. The van der Waals surface area contributed by atoms with E-state index in [1.807, 2.05) is 0 Å². The highest BCUT2D eigenvalue weighted by Crippen LogP contribution is 2.12. The molecule has 0 aromatic heterocycles. The molecule has 8 heteroatoms. The first-order valence-electron chi connectivity index (χ1n) is 8.56. The molecule has 0 radical (unpaired) electrons. The molecule has 0 spiro atoms. The van der Waals surface area contributed by atoms with E-state index in [4.69, 9.17) is 4.74 Å². The molecular formula is C17H27N3O4S. The minimum absolute atomic E-state index is 0.0684. The Kier molecular flexibility index (Phi) is 7.83. The van der Waals surface area contributed by atoms with Crippen LogP contribution in [0.5, 0.6) is 0 Å². The number of methoxy groups -OCH3 is 1. The number of carbonyl (C=O) groups excluding carboxylic acids is 1. The molecule has 2 rings (SSSR count). The van der Waals surface area contributed by atoms with Crippen LogP contribution in [0, 0.1) is 0 Å². The molecule has 1 aliphatic rings. The number of piperazine rings is 1. The molecule has 1 saturated heterocycles. The maximum absolute atomic E-state index is 12.1. The summed E-state index contributed by atoms with van der Waals surface area (Å²) in [7, 11) is -1.90. The highest BCUT2D eigenvalue weighted by Gasteiger charge is 2.15. The SMILES string of the molecule is COCCS(=O)(=O)c1ccc(C(=O)NCCCN2CCNCC2)cc1. The fourth-order valence-electron chi connectivity index (χ4n) is 2.67. The molecule has 0 bridgehead atoms. The van der Waals surface area contributed by atoms with E-state index in [0.29, 0.717) is 12.1 Å². The second kappa shape index (κ2) is 9.86. The van der Waals surface area contributed by atoms with Crippen LogP contribution in [0.15, 0.2) is 29.2 Å². The number of nitrogens with zero attached hydrogens (tertiary/aromatic N) is 1. The summed E-state index contributed by atoms with van der Waals surface area (Å²) in [5.41, 5.74) is 0.466. The summed E-state index contributed by atoms with van der Waals surface area (Å²) >= 11 is 0. The minimum Gasteiger partial charge on any atom is -0.384 e. The number of benzene rings is 1. The Morgan fingerprint density at radius 1 is 1.24 bits per heavy atom. The van der Waals surface area contributed by atoms with Gasteiger partial charge < -0.3 is 20.3 Å². The van der Waals surface area contributed by atoms with Crippen LogP contribution in [-0.4, -0.2) is 78.0 Å². The molecular weight excluding hydrogens is 342 g/mol. The zero-order chi connectivity index (χ0) is 18.1. The van der Waals surface area contributed by atoms with Crippen LogP contribution in [0.2, 0.25) is 0 Å². The summed E-state index contributed by atoms with van der Waals surface area (Å²) in [4.78, 5) is 14.7. The second-order valence-electron chi connectivity index (χ2n) is 6.04. The van der Waals surface area contributed by atoms with Crippen molar-refractivity contribution in [2.24, 2.45) is 0 Å². The van der Waals surface area contributed by atoms with Gasteiger partial charge in [-0.05, 0) is 37.2 Å². The van der Waals surface area contributed by atoms with Gasteiger partial charge in [-0.25, -0.2) is 8.42 Å². The Labute approximate surface area is 149 Å². The standard InChI is InChI=1S/C17H27N3O4S/c1-24-13-14-25(22,23)16-5-3-15(4-6-16)17(21)19-7-2-10-20-11-8-18-9-12-20/h3-6,18H,2,7-14H2,1H3,(H,19,21). The Balaban J connectivity index is 1.77. The number of amides is 1. The Morgan fingerprint density at radius 3 is 2.56 bits per heavy atom. The number of sulfone groups is 1. The predicted molar refractivity (Wildman–Crippen MR) is 96.6 cm³/mol. The van der Waals surface area contributed by atoms with Crippen LogP contribution >= 0.6 is 0 Å². The number of rotatable bonds is 9. The van der Waals surface area contributed by atoms with Crippen LogP contribution in [0.3, 0.4) is 0 Å². The van der Waals surface area contributed by atoms with E-state index in [1.54, 1.807) is 12.1 Å². The van der Waals surface area contributed by atoms with Gasteiger partial charge in [0.15, 0.2) is 9.84 Å². The number of nitrogens with one attached hydrogen (secondary N) is 2. The summed E-state index contributed by atoms with van der Waals surface area (Å²) in [5, 5.41) is 6.19. The maximum Gasteiger partial charge on any atom is 0.251 e. The van der Waals surface area contributed by atoms with Gasteiger partial charge in [0.25, 0.3) is 5.91 Å². The van der Waals surface area contributed by atoms with Crippen molar-refractivity contribution in [1.29, 1.82) is 0 Å². The zero-order valence-corrected chi connectivity index (χ0v) is 15.5. The van der Waals surface area contributed by atoms with E-state index in [2.05, 4.69) is 15.5 Å². The van der Waals surface area contributed by atoms with Gasteiger partial charge in [-0.1, -0.05) is 0 Å². The molecule has 0 unspecified atom stereocenters. The monoisotopic (exact) mass is 369 g/mol. The van der Waals surface area contributed by atoms with Gasteiger partial charge in [-0.15, -0.1) is 0 Å². The number of carbonyl (C=O) groups is 1. The first-order valence-corrected chi connectivity index (χ1v) is 10.2. The zero-order valence-electron chi connectivity index (χ0n) is 14.7. The van der Waals surface area contributed by atoms with Crippen molar-refractivity contribution >= 4 is 15.7 Å². The average molecular weight is 369 g/mol. The summed E-state index contributed by atoms with van der Waals surface area (Å²) in [6.45, 7) is 5.87. The third kappa shape index (κ3) is 6.39. The molecule has 1 aliphatic heterocycles. The van der Waals surface area contributed by atoms with Crippen molar-refractivity contribution in [2.75, 3.05) is 58.7 Å². The van der Waals surface area contributed by atoms with Gasteiger partial charge in [0.05, 0.1) is 17.3 Å². The molecule has 0 aliphatic carbocycles. The van der Waals surface area contributed by atoms with E-state index >= 15 is 0 Å². The van der Waals surface area contributed by atoms with Crippen LogP contribution in [0.4, 0.5) is 0 Å². The molecule has 140 valence electrons. The highest BCUT2D eigenvalue weighted by molar-refractivity contribution is 7.91. The second-order valence-corrected chi connectivity index (χ2v) is 8.15. The van der Waals surface area contributed by atoms with Crippen molar-refractivity contribution in [3.05, 3.63) is 29.8 Å². The van der Waals surface area contributed by atoms with E-state index in [-0.39, 0.29) is 23.2 Å². The molecule has 1 fully saturated rings. The first kappa shape index (κ1) is 19.8. The lowest BCUT2D eigenvalue weighted by Crippen LogP contribution is -2.44. The van der Waals surface area contributed by atoms with Crippen molar-refractivity contribution in [3.8, 4) is 0 Å². The third-order valence-corrected chi connectivity index (χ3v) is 5.87. The fraction of sp³-hybridized carbons (Fsp3) is 0.588. The summed E-state index contributed by atoms with van der Waals surface area (Å²) in [6.07, 6.45) is 0.898. The molecule has 2 N–H and O–H groups in total. The van der Waals surface area contributed by atoms with Crippen LogP contribution < -0.4 is 10.6 Å².